The SMILES string of the molecule is CC(C)N(CC(=O)O)CC(=O)Nc1cccc(Br)c1. The number of nitrogens with zero attached hydrogens (tertiary/aromatic N) is 1. The second-order valence-electron chi connectivity index (χ2n) is 4.45. The molecule has 0 heterocycles. The molecular weight excluding hydrogens is 312 g/mol. The summed E-state index contributed by atoms with van der Waals surface area (Å²) in [7, 11) is 0. The zero-order valence-electron chi connectivity index (χ0n) is 10.9. The Bertz CT molecular complexity index is 463. The predicted molar refractivity (Wildman–Crippen MR) is 77.1 cm³/mol. The van der Waals surface area contributed by atoms with Gasteiger partial charge in [0.15, 0.2) is 0 Å². The maximum atomic E-state index is 11.9. The summed E-state index contributed by atoms with van der Waals surface area (Å²) >= 11 is 3.32. The lowest BCUT2D eigenvalue weighted by Gasteiger charge is -2.23. The lowest BCUT2D eigenvalue weighted by Crippen LogP contribution is -2.41. The van der Waals surface area contributed by atoms with Crippen LogP contribution in [0, 0.1) is 0 Å². The number of benzene rings is 1. The Morgan fingerprint density at radius 2 is 2.05 bits per heavy atom. The molecule has 0 radical (unpaired) electrons. The highest BCUT2D eigenvalue weighted by Crippen LogP contribution is 2.15. The van der Waals surface area contributed by atoms with Crippen LogP contribution in [-0.2, 0) is 9.59 Å². The summed E-state index contributed by atoms with van der Waals surface area (Å²) in [6.45, 7) is 3.62. The molecule has 0 aliphatic carbocycles. The van der Waals surface area contributed by atoms with E-state index in [4.69, 9.17) is 5.11 Å². The summed E-state index contributed by atoms with van der Waals surface area (Å²) in [4.78, 5) is 24.2. The van der Waals surface area contributed by atoms with Crippen molar-refractivity contribution in [3.8, 4) is 0 Å². The van der Waals surface area contributed by atoms with Crippen LogP contribution in [0.1, 0.15) is 13.8 Å². The fourth-order valence-electron chi connectivity index (χ4n) is 1.55. The van der Waals surface area contributed by atoms with Crippen molar-refractivity contribution in [2.75, 3.05) is 18.4 Å². The Balaban J connectivity index is 2.60. The molecule has 5 nitrogen and oxygen atoms in total. The van der Waals surface area contributed by atoms with E-state index in [2.05, 4.69) is 21.2 Å². The fourth-order valence-corrected chi connectivity index (χ4v) is 1.95. The molecule has 1 rings (SSSR count). The number of carbonyl (C=O) groups is 2. The van der Waals surface area contributed by atoms with Crippen molar-refractivity contribution < 1.29 is 14.7 Å². The van der Waals surface area contributed by atoms with Gasteiger partial charge in [0.25, 0.3) is 0 Å². The second-order valence-corrected chi connectivity index (χ2v) is 5.37. The molecule has 0 saturated carbocycles. The van der Waals surface area contributed by atoms with Gasteiger partial charge >= 0.3 is 5.97 Å². The summed E-state index contributed by atoms with van der Waals surface area (Å²) in [5.74, 6) is -1.17. The Morgan fingerprint density at radius 1 is 1.37 bits per heavy atom. The highest BCUT2D eigenvalue weighted by Gasteiger charge is 2.16. The monoisotopic (exact) mass is 328 g/mol. The molecule has 2 N–H and O–H groups in total. The third-order valence-electron chi connectivity index (χ3n) is 2.52. The van der Waals surface area contributed by atoms with E-state index in [1.807, 2.05) is 26.0 Å². The Hall–Kier alpha value is -1.40. The molecule has 104 valence electrons. The van der Waals surface area contributed by atoms with E-state index in [1.165, 1.54) is 0 Å². The quantitative estimate of drug-likeness (QED) is 0.839. The average Bonchev–Trinajstić information content (AvgIpc) is 2.27. The first-order valence-electron chi connectivity index (χ1n) is 5.89. The summed E-state index contributed by atoms with van der Waals surface area (Å²) in [6, 6.07) is 7.23. The van der Waals surface area contributed by atoms with Crippen molar-refractivity contribution >= 4 is 33.5 Å². The average molecular weight is 329 g/mol. The molecule has 0 atom stereocenters. The van der Waals surface area contributed by atoms with Gasteiger partial charge in [-0.1, -0.05) is 22.0 Å². The van der Waals surface area contributed by atoms with Crippen LogP contribution in [0.15, 0.2) is 28.7 Å². The van der Waals surface area contributed by atoms with Crippen molar-refractivity contribution in [1.29, 1.82) is 0 Å². The zero-order chi connectivity index (χ0) is 14.4. The highest BCUT2D eigenvalue weighted by atomic mass is 79.9. The zero-order valence-corrected chi connectivity index (χ0v) is 12.5. The lowest BCUT2D eigenvalue weighted by molar-refractivity contribution is -0.139. The number of aliphatic carboxylic acids is 1. The van der Waals surface area contributed by atoms with E-state index < -0.39 is 5.97 Å². The minimum Gasteiger partial charge on any atom is -0.480 e. The third kappa shape index (κ3) is 5.85. The number of anilines is 1. The summed E-state index contributed by atoms with van der Waals surface area (Å²) < 4.78 is 0.872. The first kappa shape index (κ1) is 15.7. The van der Waals surface area contributed by atoms with Gasteiger partial charge in [0.1, 0.15) is 0 Å². The maximum Gasteiger partial charge on any atom is 0.317 e. The van der Waals surface area contributed by atoms with E-state index in [-0.39, 0.29) is 25.0 Å². The van der Waals surface area contributed by atoms with Crippen molar-refractivity contribution in [2.45, 2.75) is 19.9 Å². The molecule has 19 heavy (non-hydrogen) atoms. The highest BCUT2D eigenvalue weighted by molar-refractivity contribution is 9.10. The number of carboxylic acid groups (broad SMARTS) is 1. The maximum absolute atomic E-state index is 11.9. The van der Waals surface area contributed by atoms with Gasteiger partial charge in [-0.25, -0.2) is 0 Å². The largest absolute Gasteiger partial charge is 0.480 e. The predicted octanol–water partition coefficient (Wildman–Crippen LogP) is 2.18. The van der Waals surface area contributed by atoms with Gasteiger partial charge in [0.2, 0.25) is 5.91 Å². The van der Waals surface area contributed by atoms with E-state index in [0.717, 1.165) is 4.47 Å². The van der Waals surface area contributed by atoms with E-state index in [9.17, 15) is 9.59 Å². The first-order valence-corrected chi connectivity index (χ1v) is 6.69. The molecule has 1 amide bonds. The first-order chi connectivity index (χ1) is 8.88. The molecule has 1 aromatic rings. The van der Waals surface area contributed by atoms with Crippen LogP contribution in [0.4, 0.5) is 5.69 Å². The minimum atomic E-state index is -0.941. The molecule has 0 unspecified atom stereocenters. The second kappa shape index (κ2) is 7.25. The smallest absolute Gasteiger partial charge is 0.317 e. The van der Waals surface area contributed by atoms with Crippen LogP contribution in [0.5, 0.6) is 0 Å². The van der Waals surface area contributed by atoms with Crippen molar-refractivity contribution in [3.63, 3.8) is 0 Å². The number of carbonyl (C=O) groups excluding carboxylic acids is 1. The van der Waals surface area contributed by atoms with Gasteiger partial charge in [-0.3, -0.25) is 14.5 Å². The number of hydrogen-bond acceptors (Lipinski definition) is 3. The molecule has 0 saturated heterocycles. The van der Waals surface area contributed by atoms with Crippen LogP contribution in [0.3, 0.4) is 0 Å². The molecule has 0 fully saturated rings. The van der Waals surface area contributed by atoms with Gasteiger partial charge in [0, 0.05) is 16.2 Å². The number of halogens is 1. The third-order valence-corrected chi connectivity index (χ3v) is 3.02. The van der Waals surface area contributed by atoms with Gasteiger partial charge in [0.05, 0.1) is 13.1 Å². The number of rotatable bonds is 6. The summed E-state index contributed by atoms with van der Waals surface area (Å²) in [6.07, 6.45) is 0. The van der Waals surface area contributed by atoms with E-state index in [0.29, 0.717) is 5.69 Å². The number of carboxylic acids is 1. The van der Waals surface area contributed by atoms with E-state index in [1.54, 1.807) is 17.0 Å². The van der Waals surface area contributed by atoms with E-state index >= 15 is 0 Å². The van der Waals surface area contributed by atoms with Crippen molar-refractivity contribution in [1.82, 2.24) is 4.90 Å². The number of hydrogen-bond donors (Lipinski definition) is 2. The van der Waals surface area contributed by atoms with Crippen molar-refractivity contribution in [2.24, 2.45) is 0 Å². The van der Waals surface area contributed by atoms with Gasteiger partial charge < -0.3 is 10.4 Å². The van der Waals surface area contributed by atoms with Crippen LogP contribution < -0.4 is 5.32 Å². The topological polar surface area (TPSA) is 69.6 Å². The summed E-state index contributed by atoms with van der Waals surface area (Å²) in [5, 5.41) is 11.5. The molecule has 0 aromatic heterocycles. The van der Waals surface area contributed by atoms with Crippen LogP contribution in [0.25, 0.3) is 0 Å². The Morgan fingerprint density at radius 3 is 2.58 bits per heavy atom. The standard InChI is InChI=1S/C13H17BrN2O3/c1-9(2)16(8-13(18)19)7-12(17)15-11-5-3-4-10(14)6-11/h3-6,9H,7-8H2,1-2H3,(H,15,17)(H,18,19). The van der Waals surface area contributed by atoms with Crippen LogP contribution in [-0.4, -0.2) is 41.0 Å². The normalized spacial score (nSPS) is 10.8. The summed E-state index contributed by atoms with van der Waals surface area (Å²) in [5.41, 5.74) is 0.679. The Labute approximate surface area is 120 Å². The van der Waals surface area contributed by atoms with Crippen molar-refractivity contribution in [3.05, 3.63) is 28.7 Å². The number of nitrogens with one attached hydrogen (secondary N) is 1. The molecular formula is C13H17BrN2O3. The van der Waals surface area contributed by atoms with Gasteiger partial charge in [-0.15, -0.1) is 0 Å². The fraction of sp³-hybridized carbons (Fsp3) is 0.385. The Kier molecular flexibility index (Phi) is 5.98. The van der Waals surface area contributed by atoms with Crippen LogP contribution in [0.2, 0.25) is 0 Å². The molecule has 0 bridgehead atoms. The number of amides is 1. The van der Waals surface area contributed by atoms with Gasteiger partial charge in [-0.2, -0.15) is 0 Å². The molecule has 1 aromatic carbocycles. The minimum absolute atomic E-state index is 0.00985. The molecule has 0 aliphatic rings. The molecule has 6 heteroatoms. The molecule has 0 aliphatic heterocycles. The van der Waals surface area contributed by atoms with Gasteiger partial charge in [-0.05, 0) is 32.0 Å². The van der Waals surface area contributed by atoms with Crippen LogP contribution >= 0.6 is 15.9 Å². The lowest BCUT2D eigenvalue weighted by atomic mass is 10.3. The molecule has 0 spiro atoms.